The van der Waals surface area contributed by atoms with Crippen LogP contribution in [0.3, 0.4) is 0 Å². The van der Waals surface area contributed by atoms with E-state index in [1.807, 2.05) is 4.90 Å². The molecule has 1 aromatic rings. The van der Waals surface area contributed by atoms with E-state index in [-0.39, 0.29) is 17.9 Å². The lowest BCUT2D eigenvalue weighted by molar-refractivity contribution is -0.136. The first kappa shape index (κ1) is 18.5. The summed E-state index contributed by atoms with van der Waals surface area (Å²) in [5.74, 6) is 1.77. The summed E-state index contributed by atoms with van der Waals surface area (Å²) < 4.78 is 10.5. The van der Waals surface area contributed by atoms with Crippen molar-refractivity contribution < 1.29 is 19.1 Å². The first-order chi connectivity index (χ1) is 12.5. The van der Waals surface area contributed by atoms with Crippen LogP contribution in [0.2, 0.25) is 0 Å². The number of hydrogen-bond donors (Lipinski definition) is 0. The lowest BCUT2D eigenvalue weighted by Gasteiger charge is -2.34. The van der Waals surface area contributed by atoms with Crippen LogP contribution in [0.15, 0.2) is 18.2 Å². The number of amides is 2. The zero-order chi connectivity index (χ0) is 18.7. The van der Waals surface area contributed by atoms with E-state index in [9.17, 15) is 9.59 Å². The van der Waals surface area contributed by atoms with E-state index in [1.165, 1.54) is 0 Å². The Morgan fingerprint density at radius 2 is 1.58 bits per heavy atom. The van der Waals surface area contributed by atoms with Gasteiger partial charge >= 0.3 is 0 Å². The normalized spacial score (nSPS) is 21.0. The van der Waals surface area contributed by atoms with Gasteiger partial charge < -0.3 is 19.3 Å². The molecule has 0 N–H and O–H groups in total. The van der Waals surface area contributed by atoms with Crippen molar-refractivity contribution >= 4 is 11.8 Å². The Kier molecular flexibility index (Phi) is 5.69. The predicted molar refractivity (Wildman–Crippen MR) is 98.6 cm³/mol. The van der Waals surface area contributed by atoms with Gasteiger partial charge in [-0.3, -0.25) is 9.59 Å². The Hall–Kier alpha value is -2.24. The second-order valence-electron chi connectivity index (χ2n) is 7.27. The Morgan fingerprint density at radius 3 is 2.15 bits per heavy atom. The van der Waals surface area contributed by atoms with Gasteiger partial charge in [0.2, 0.25) is 5.91 Å². The second-order valence-corrected chi connectivity index (χ2v) is 7.27. The standard InChI is InChI=1S/C20H28N2O4/c1-14-6-9-21(10-7-14)20(24)18-5-4-8-22(18)19(23)15-11-16(25-2)13-17(12-15)26-3/h11-14,18H,4-10H2,1-3H3/t18-/m0/s1. The fourth-order valence-electron chi connectivity index (χ4n) is 3.80. The smallest absolute Gasteiger partial charge is 0.254 e. The molecule has 6 heteroatoms. The Balaban J connectivity index is 1.77. The maximum atomic E-state index is 13.1. The van der Waals surface area contributed by atoms with E-state index in [0.29, 0.717) is 29.5 Å². The van der Waals surface area contributed by atoms with Gasteiger partial charge in [-0.15, -0.1) is 0 Å². The van der Waals surface area contributed by atoms with E-state index in [4.69, 9.17) is 9.47 Å². The third kappa shape index (κ3) is 3.79. The van der Waals surface area contributed by atoms with Gasteiger partial charge in [-0.25, -0.2) is 0 Å². The number of likely N-dealkylation sites (tertiary alicyclic amines) is 2. The molecular weight excluding hydrogens is 332 g/mol. The highest BCUT2D eigenvalue weighted by Gasteiger charge is 2.37. The Labute approximate surface area is 155 Å². The quantitative estimate of drug-likeness (QED) is 0.828. The van der Waals surface area contributed by atoms with Gasteiger partial charge in [0, 0.05) is 31.3 Å². The molecule has 0 aromatic heterocycles. The number of benzene rings is 1. The minimum absolute atomic E-state index is 0.0950. The molecule has 2 aliphatic rings. The SMILES string of the molecule is COc1cc(OC)cc(C(=O)N2CCC[C@H]2C(=O)N2CCC(C)CC2)c1. The molecular formula is C20H28N2O4. The monoisotopic (exact) mass is 360 g/mol. The molecule has 0 unspecified atom stereocenters. The number of carbonyl (C=O) groups is 2. The maximum absolute atomic E-state index is 13.1. The number of rotatable bonds is 4. The number of carbonyl (C=O) groups excluding carboxylic acids is 2. The zero-order valence-electron chi connectivity index (χ0n) is 15.9. The third-order valence-electron chi connectivity index (χ3n) is 5.49. The van der Waals surface area contributed by atoms with Crippen LogP contribution in [0.25, 0.3) is 0 Å². The average Bonchev–Trinajstić information content (AvgIpc) is 3.16. The predicted octanol–water partition coefficient (Wildman–Crippen LogP) is 2.57. The van der Waals surface area contributed by atoms with E-state index >= 15 is 0 Å². The molecule has 0 spiro atoms. The summed E-state index contributed by atoms with van der Waals surface area (Å²) in [6, 6.07) is 4.78. The highest BCUT2D eigenvalue weighted by atomic mass is 16.5. The first-order valence-electron chi connectivity index (χ1n) is 9.36. The fraction of sp³-hybridized carbons (Fsp3) is 0.600. The van der Waals surface area contributed by atoms with Crippen molar-refractivity contribution in [2.24, 2.45) is 5.92 Å². The van der Waals surface area contributed by atoms with Crippen molar-refractivity contribution in [2.75, 3.05) is 33.9 Å². The molecule has 0 bridgehead atoms. The molecule has 142 valence electrons. The summed E-state index contributed by atoms with van der Waals surface area (Å²) in [4.78, 5) is 29.7. The molecule has 2 heterocycles. The van der Waals surface area contributed by atoms with Crippen LogP contribution in [-0.4, -0.2) is 61.5 Å². The molecule has 0 saturated carbocycles. The summed E-state index contributed by atoms with van der Waals surface area (Å²) >= 11 is 0. The van der Waals surface area contributed by atoms with Crippen LogP contribution < -0.4 is 9.47 Å². The number of ether oxygens (including phenoxy) is 2. The summed E-state index contributed by atoms with van der Waals surface area (Å²) in [6.45, 7) is 4.43. The van der Waals surface area contributed by atoms with Crippen molar-refractivity contribution in [3.63, 3.8) is 0 Å². The van der Waals surface area contributed by atoms with E-state index in [0.717, 1.165) is 38.8 Å². The number of methoxy groups -OCH3 is 2. The molecule has 26 heavy (non-hydrogen) atoms. The maximum Gasteiger partial charge on any atom is 0.254 e. The summed E-state index contributed by atoms with van der Waals surface area (Å²) in [5, 5.41) is 0. The van der Waals surface area contributed by atoms with Crippen molar-refractivity contribution in [3.05, 3.63) is 23.8 Å². The molecule has 2 fully saturated rings. The average molecular weight is 360 g/mol. The molecule has 1 aromatic carbocycles. The highest BCUT2D eigenvalue weighted by molar-refractivity contribution is 5.98. The minimum atomic E-state index is -0.354. The molecule has 2 saturated heterocycles. The van der Waals surface area contributed by atoms with Crippen LogP contribution in [0.4, 0.5) is 0 Å². The number of piperidine rings is 1. The Bertz CT molecular complexity index is 646. The van der Waals surface area contributed by atoms with Crippen molar-refractivity contribution in [1.82, 2.24) is 9.80 Å². The van der Waals surface area contributed by atoms with E-state index in [2.05, 4.69) is 6.92 Å². The third-order valence-corrected chi connectivity index (χ3v) is 5.49. The number of nitrogens with zero attached hydrogens (tertiary/aromatic N) is 2. The molecule has 1 atom stereocenters. The summed E-state index contributed by atoms with van der Waals surface area (Å²) in [7, 11) is 3.12. The first-order valence-corrected chi connectivity index (χ1v) is 9.36. The van der Waals surface area contributed by atoms with Crippen molar-refractivity contribution in [2.45, 2.75) is 38.6 Å². The van der Waals surface area contributed by atoms with Crippen LogP contribution in [0, 0.1) is 5.92 Å². The van der Waals surface area contributed by atoms with Gasteiger partial charge in [-0.05, 0) is 43.7 Å². The molecule has 3 rings (SSSR count). The summed E-state index contributed by atoms with van der Waals surface area (Å²) in [6.07, 6.45) is 3.67. The lowest BCUT2D eigenvalue weighted by atomic mass is 9.98. The fourth-order valence-corrected chi connectivity index (χ4v) is 3.80. The van der Waals surface area contributed by atoms with Gasteiger partial charge in [0.05, 0.1) is 14.2 Å². The van der Waals surface area contributed by atoms with Gasteiger partial charge in [-0.1, -0.05) is 6.92 Å². The molecule has 2 aliphatic heterocycles. The van der Waals surface area contributed by atoms with Gasteiger partial charge in [0.25, 0.3) is 5.91 Å². The topological polar surface area (TPSA) is 59.1 Å². The lowest BCUT2D eigenvalue weighted by Crippen LogP contribution is -2.49. The van der Waals surface area contributed by atoms with Gasteiger partial charge in [0.15, 0.2) is 0 Å². The zero-order valence-corrected chi connectivity index (χ0v) is 15.9. The van der Waals surface area contributed by atoms with Crippen molar-refractivity contribution in [1.29, 1.82) is 0 Å². The molecule has 0 radical (unpaired) electrons. The highest BCUT2D eigenvalue weighted by Crippen LogP contribution is 2.28. The molecule has 6 nitrogen and oxygen atoms in total. The minimum Gasteiger partial charge on any atom is -0.497 e. The Morgan fingerprint density at radius 1 is 0.962 bits per heavy atom. The van der Waals surface area contributed by atoms with Crippen LogP contribution >= 0.6 is 0 Å². The van der Waals surface area contributed by atoms with Crippen LogP contribution in [-0.2, 0) is 4.79 Å². The van der Waals surface area contributed by atoms with Gasteiger partial charge in [0.1, 0.15) is 17.5 Å². The number of hydrogen-bond acceptors (Lipinski definition) is 4. The second kappa shape index (κ2) is 7.98. The van der Waals surface area contributed by atoms with E-state index in [1.54, 1.807) is 37.3 Å². The van der Waals surface area contributed by atoms with E-state index < -0.39 is 0 Å². The largest absolute Gasteiger partial charge is 0.497 e. The van der Waals surface area contributed by atoms with Crippen LogP contribution in [0.5, 0.6) is 11.5 Å². The molecule has 0 aliphatic carbocycles. The van der Waals surface area contributed by atoms with Gasteiger partial charge in [-0.2, -0.15) is 0 Å². The van der Waals surface area contributed by atoms with Crippen molar-refractivity contribution in [3.8, 4) is 11.5 Å². The molecule has 2 amide bonds. The van der Waals surface area contributed by atoms with Crippen LogP contribution in [0.1, 0.15) is 43.0 Å². The summed E-state index contributed by atoms with van der Waals surface area (Å²) in [5.41, 5.74) is 0.494.